The number of aliphatic hydroxyl groups excluding tert-OH is 2. The Morgan fingerprint density at radius 3 is 2.90 bits per heavy atom. The van der Waals surface area contributed by atoms with Crippen molar-refractivity contribution < 1.29 is 19.3 Å². The fourth-order valence-electron chi connectivity index (χ4n) is 2.62. The SMILES string of the molecule is C[C@H]1[C@H](O)[C@@H](CO)O[C@H]1n1cc(F)c2c(N)ncnc21. The zero-order valence-corrected chi connectivity index (χ0v) is 10.8. The predicted molar refractivity (Wildman–Crippen MR) is 68.1 cm³/mol. The molecule has 2 aromatic rings. The van der Waals surface area contributed by atoms with Crippen LogP contribution in [0.25, 0.3) is 11.0 Å². The van der Waals surface area contributed by atoms with Crippen LogP contribution in [-0.4, -0.2) is 43.6 Å². The molecule has 0 saturated carbocycles. The van der Waals surface area contributed by atoms with Crippen LogP contribution in [0, 0.1) is 11.7 Å². The van der Waals surface area contributed by atoms with Crippen molar-refractivity contribution in [2.75, 3.05) is 12.3 Å². The summed E-state index contributed by atoms with van der Waals surface area (Å²) in [5, 5.41) is 19.3. The van der Waals surface area contributed by atoms with Crippen LogP contribution >= 0.6 is 0 Å². The summed E-state index contributed by atoms with van der Waals surface area (Å²) in [7, 11) is 0. The van der Waals surface area contributed by atoms with E-state index in [0.29, 0.717) is 5.65 Å². The van der Waals surface area contributed by atoms with E-state index < -0.39 is 24.3 Å². The Labute approximate surface area is 113 Å². The van der Waals surface area contributed by atoms with Gasteiger partial charge in [0.05, 0.1) is 18.1 Å². The number of fused-ring (bicyclic) bond motifs is 1. The number of hydrogen-bond acceptors (Lipinski definition) is 6. The number of anilines is 1. The topological polar surface area (TPSA) is 106 Å². The van der Waals surface area contributed by atoms with Crippen LogP contribution in [0.4, 0.5) is 10.2 Å². The molecule has 20 heavy (non-hydrogen) atoms. The van der Waals surface area contributed by atoms with Gasteiger partial charge >= 0.3 is 0 Å². The first-order chi connectivity index (χ1) is 9.54. The van der Waals surface area contributed by atoms with E-state index in [0.717, 1.165) is 0 Å². The molecule has 0 spiro atoms. The van der Waals surface area contributed by atoms with Crippen molar-refractivity contribution in [2.45, 2.75) is 25.4 Å². The van der Waals surface area contributed by atoms with Gasteiger partial charge in [-0.1, -0.05) is 6.92 Å². The molecule has 2 aromatic heterocycles. The molecule has 1 fully saturated rings. The Kier molecular flexibility index (Phi) is 3.08. The Morgan fingerprint density at radius 2 is 2.25 bits per heavy atom. The molecule has 1 saturated heterocycles. The molecule has 1 aliphatic rings. The summed E-state index contributed by atoms with van der Waals surface area (Å²) >= 11 is 0. The first kappa shape index (κ1) is 13.2. The number of nitrogens with two attached hydrogens (primary N) is 1. The second-order valence-corrected chi connectivity index (χ2v) is 4.94. The second-order valence-electron chi connectivity index (χ2n) is 4.94. The van der Waals surface area contributed by atoms with Gasteiger partial charge in [0, 0.05) is 12.1 Å². The third-order valence-corrected chi connectivity index (χ3v) is 3.73. The lowest BCUT2D eigenvalue weighted by molar-refractivity contribution is -0.0446. The highest BCUT2D eigenvalue weighted by molar-refractivity contribution is 5.86. The van der Waals surface area contributed by atoms with Crippen molar-refractivity contribution in [2.24, 2.45) is 5.92 Å². The Balaban J connectivity index is 2.10. The molecule has 0 aromatic carbocycles. The Morgan fingerprint density at radius 1 is 1.50 bits per heavy atom. The quantitative estimate of drug-likeness (QED) is 0.718. The molecule has 0 bridgehead atoms. The number of halogens is 1. The van der Waals surface area contributed by atoms with Gasteiger partial charge in [-0.3, -0.25) is 0 Å². The minimum atomic E-state index is -0.829. The highest BCUT2D eigenvalue weighted by Crippen LogP contribution is 2.37. The van der Waals surface area contributed by atoms with E-state index in [1.54, 1.807) is 6.92 Å². The lowest BCUT2D eigenvalue weighted by Gasteiger charge is -2.17. The van der Waals surface area contributed by atoms with E-state index in [-0.39, 0.29) is 23.7 Å². The molecule has 0 aliphatic carbocycles. The van der Waals surface area contributed by atoms with E-state index >= 15 is 0 Å². The smallest absolute Gasteiger partial charge is 0.154 e. The molecule has 1 aliphatic heterocycles. The first-order valence-corrected chi connectivity index (χ1v) is 6.25. The zero-order chi connectivity index (χ0) is 14.4. The van der Waals surface area contributed by atoms with Crippen LogP contribution in [0.15, 0.2) is 12.5 Å². The normalized spacial score (nSPS) is 30.2. The van der Waals surface area contributed by atoms with Gasteiger partial charge in [-0.2, -0.15) is 0 Å². The number of nitrogen functional groups attached to an aromatic ring is 1. The summed E-state index contributed by atoms with van der Waals surface area (Å²) in [6.45, 7) is 1.46. The zero-order valence-electron chi connectivity index (χ0n) is 10.8. The molecule has 4 N–H and O–H groups in total. The van der Waals surface area contributed by atoms with Crippen molar-refractivity contribution in [1.29, 1.82) is 0 Å². The average molecular weight is 282 g/mol. The molecule has 7 nitrogen and oxygen atoms in total. The molecule has 3 heterocycles. The van der Waals surface area contributed by atoms with Gasteiger partial charge in [-0.25, -0.2) is 14.4 Å². The summed E-state index contributed by atoms with van der Waals surface area (Å²) < 4.78 is 21.0. The number of aliphatic hydroxyl groups is 2. The molecular formula is C12H15FN4O3. The number of aromatic nitrogens is 3. The number of nitrogens with zero attached hydrogens (tertiary/aromatic N) is 3. The first-order valence-electron chi connectivity index (χ1n) is 6.25. The number of hydrogen-bond donors (Lipinski definition) is 3. The molecular weight excluding hydrogens is 267 g/mol. The summed E-state index contributed by atoms with van der Waals surface area (Å²) in [5.41, 5.74) is 5.95. The van der Waals surface area contributed by atoms with Crippen LogP contribution in [0.5, 0.6) is 0 Å². The van der Waals surface area contributed by atoms with Gasteiger partial charge < -0.3 is 25.3 Å². The lowest BCUT2D eigenvalue weighted by Crippen LogP contribution is -2.28. The minimum absolute atomic E-state index is 0.0520. The second kappa shape index (κ2) is 4.65. The summed E-state index contributed by atoms with van der Waals surface area (Å²) in [6, 6.07) is 0. The molecule has 108 valence electrons. The van der Waals surface area contributed by atoms with Crippen LogP contribution in [0.1, 0.15) is 13.2 Å². The van der Waals surface area contributed by atoms with Crippen molar-refractivity contribution in [3.8, 4) is 0 Å². The number of rotatable bonds is 2. The monoisotopic (exact) mass is 282 g/mol. The van der Waals surface area contributed by atoms with Crippen LogP contribution < -0.4 is 5.73 Å². The van der Waals surface area contributed by atoms with Gasteiger partial charge in [-0.15, -0.1) is 0 Å². The van der Waals surface area contributed by atoms with Gasteiger partial charge in [-0.05, 0) is 0 Å². The van der Waals surface area contributed by atoms with E-state index in [1.807, 2.05) is 0 Å². The van der Waals surface area contributed by atoms with Crippen molar-refractivity contribution in [1.82, 2.24) is 14.5 Å². The summed E-state index contributed by atoms with van der Waals surface area (Å²) in [6.07, 6.45) is 0.319. The third kappa shape index (κ3) is 1.76. The predicted octanol–water partition coefficient (Wildman–Crippen LogP) is 0.0393. The Bertz CT molecular complexity index is 647. The Hall–Kier alpha value is -1.77. The maximum absolute atomic E-state index is 14.0. The maximum atomic E-state index is 14.0. The van der Waals surface area contributed by atoms with E-state index in [1.165, 1.54) is 17.1 Å². The van der Waals surface area contributed by atoms with Crippen LogP contribution in [0.3, 0.4) is 0 Å². The summed E-state index contributed by atoms with van der Waals surface area (Å²) in [5.74, 6) is -0.815. The van der Waals surface area contributed by atoms with Gasteiger partial charge in [0.25, 0.3) is 0 Å². The summed E-state index contributed by atoms with van der Waals surface area (Å²) in [4.78, 5) is 7.78. The fraction of sp³-hybridized carbons (Fsp3) is 0.500. The molecule has 0 radical (unpaired) electrons. The van der Waals surface area contributed by atoms with Crippen molar-refractivity contribution in [3.05, 3.63) is 18.3 Å². The largest absolute Gasteiger partial charge is 0.394 e. The minimum Gasteiger partial charge on any atom is -0.394 e. The molecule has 0 unspecified atom stereocenters. The van der Waals surface area contributed by atoms with E-state index in [4.69, 9.17) is 15.6 Å². The van der Waals surface area contributed by atoms with Gasteiger partial charge in [0.15, 0.2) is 11.5 Å². The van der Waals surface area contributed by atoms with Gasteiger partial charge in [0.2, 0.25) is 0 Å². The van der Waals surface area contributed by atoms with E-state index in [9.17, 15) is 9.50 Å². The van der Waals surface area contributed by atoms with Crippen molar-refractivity contribution >= 4 is 16.9 Å². The highest BCUT2D eigenvalue weighted by atomic mass is 19.1. The van der Waals surface area contributed by atoms with Crippen LogP contribution in [-0.2, 0) is 4.74 Å². The third-order valence-electron chi connectivity index (χ3n) is 3.73. The standard InChI is InChI=1S/C12H15FN4O3/c1-5-9(19)7(3-18)20-12(5)17-2-6(13)8-10(14)15-4-16-11(8)17/h2,4-5,7,9,12,18-19H,3H2,1H3,(H2,14,15,16)/t5-,7+,9-,12+/m0/s1. The molecule has 0 amide bonds. The molecule has 8 heteroatoms. The number of ether oxygens (including phenoxy) is 1. The maximum Gasteiger partial charge on any atom is 0.154 e. The van der Waals surface area contributed by atoms with E-state index in [2.05, 4.69) is 9.97 Å². The highest BCUT2D eigenvalue weighted by Gasteiger charge is 2.42. The lowest BCUT2D eigenvalue weighted by atomic mass is 10.0. The fourth-order valence-corrected chi connectivity index (χ4v) is 2.62. The molecule has 4 atom stereocenters. The average Bonchev–Trinajstić information content (AvgIpc) is 2.90. The van der Waals surface area contributed by atoms with Gasteiger partial charge in [0.1, 0.15) is 24.5 Å². The van der Waals surface area contributed by atoms with Crippen LogP contribution in [0.2, 0.25) is 0 Å². The van der Waals surface area contributed by atoms with Crippen molar-refractivity contribution in [3.63, 3.8) is 0 Å². The molecule has 3 rings (SSSR count).